The molecule has 1 atom stereocenters. The largest absolute Gasteiger partial charge is 0.494 e. The molecule has 2 heterocycles. The highest BCUT2D eigenvalue weighted by molar-refractivity contribution is 5.85. The molecule has 2 aliphatic rings. The fraction of sp³-hybridized carbons (Fsp3) is 0.650. The van der Waals surface area contributed by atoms with Gasteiger partial charge in [0.1, 0.15) is 5.75 Å². The number of benzene rings is 1. The number of likely N-dealkylation sites (tertiary alicyclic amines) is 1. The lowest BCUT2D eigenvalue weighted by molar-refractivity contribution is -0.127. The van der Waals surface area contributed by atoms with E-state index in [4.69, 9.17) is 9.47 Å². The van der Waals surface area contributed by atoms with E-state index in [1.54, 1.807) is 0 Å². The standard InChI is InChI=1S/C20H30N2O3.ClH/c1-2-24-18-7-5-16(6-8-18)15-22-11-9-17(10-12-22)20(23)21-14-19-4-3-13-25-19;/h5-8,17,19H,2-4,9-15H2,1H3,(H,21,23);1H. The number of carbonyl (C=O) groups is 1. The number of rotatable bonds is 7. The Labute approximate surface area is 162 Å². The minimum atomic E-state index is 0. The molecule has 0 bridgehead atoms. The molecule has 1 aromatic carbocycles. The lowest BCUT2D eigenvalue weighted by Gasteiger charge is -2.31. The summed E-state index contributed by atoms with van der Waals surface area (Å²) < 4.78 is 11.0. The molecule has 0 aromatic heterocycles. The number of hydrogen-bond donors (Lipinski definition) is 1. The number of ether oxygens (including phenoxy) is 2. The maximum absolute atomic E-state index is 12.3. The van der Waals surface area contributed by atoms with Crippen LogP contribution < -0.4 is 10.1 Å². The summed E-state index contributed by atoms with van der Waals surface area (Å²) in [6.07, 6.45) is 4.29. The topological polar surface area (TPSA) is 50.8 Å². The SMILES string of the molecule is CCOc1ccc(CN2CCC(C(=O)NCC3CCCO3)CC2)cc1.Cl. The van der Waals surface area contributed by atoms with Crippen molar-refractivity contribution in [3.63, 3.8) is 0 Å². The zero-order valence-corrected chi connectivity index (χ0v) is 16.4. The van der Waals surface area contributed by atoms with Gasteiger partial charge >= 0.3 is 0 Å². The van der Waals surface area contributed by atoms with Crippen molar-refractivity contribution in [2.24, 2.45) is 5.92 Å². The van der Waals surface area contributed by atoms with Crippen molar-refractivity contribution >= 4 is 18.3 Å². The molecule has 0 aliphatic carbocycles. The average molecular weight is 383 g/mol. The van der Waals surface area contributed by atoms with Crippen LogP contribution in [0.25, 0.3) is 0 Å². The molecule has 26 heavy (non-hydrogen) atoms. The quantitative estimate of drug-likeness (QED) is 0.787. The molecule has 1 unspecified atom stereocenters. The van der Waals surface area contributed by atoms with Crippen molar-refractivity contribution in [2.45, 2.75) is 45.3 Å². The summed E-state index contributed by atoms with van der Waals surface area (Å²) in [5.41, 5.74) is 1.30. The van der Waals surface area contributed by atoms with Crippen LogP contribution in [0.4, 0.5) is 0 Å². The van der Waals surface area contributed by atoms with Crippen LogP contribution in [0.2, 0.25) is 0 Å². The highest BCUT2D eigenvalue weighted by Crippen LogP contribution is 2.21. The molecular formula is C20H31ClN2O3. The van der Waals surface area contributed by atoms with Crippen LogP contribution in [0.5, 0.6) is 5.75 Å². The highest BCUT2D eigenvalue weighted by Gasteiger charge is 2.26. The number of hydrogen-bond acceptors (Lipinski definition) is 4. The van der Waals surface area contributed by atoms with Gasteiger partial charge in [-0.05, 0) is 63.4 Å². The summed E-state index contributed by atoms with van der Waals surface area (Å²) in [5.74, 6) is 1.28. The second-order valence-electron chi connectivity index (χ2n) is 7.01. The Kier molecular flexibility index (Phi) is 8.69. The number of carbonyl (C=O) groups excluding carboxylic acids is 1. The van der Waals surface area contributed by atoms with E-state index in [9.17, 15) is 4.79 Å². The molecule has 2 aliphatic heterocycles. The second-order valence-corrected chi connectivity index (χ2v) is 7.01. The zero-order valence-electron chi connectivity index (χ0n) is 15.6. The first-order valence-electron chi connectivity index (χ1n) is 9.58. The first-order valence-corrected chi connectivity index (χ1v) is 9.58. The van der Waals surface area contributed by atoms with E-state index in [2.05, 4.69) is 22.3 Å². The molecule has 0 saturated carbocycles. The third-order valence-electron chi connectivity index (χ3n) is 5.13. The molecular weight excluding hydrogens is 352 g/mol. The Bertz CT molecular complexity index is 538. The number of piperidine rings is 1. The van der Waals surface area contributed by atoms with Crippen molar-refractivity contribution in [2.75, 3.05) is 32.8 Å². The summed E-state index contributed by atoms with van der Waals surface area (Å²) in [5, 5.41) is 3.08. The van der Waals surface area contributed by atoms with Gasteiger partial charge in [-0.25, -0.2) is 0 Å². The lowest BCUT2D eigenvalue weighted by atomic mass is 9.95. The molecule has 6 heteroatoms. The fourth-order valence-corrected chi connectivity index (χ4v) is 3.63. The van der Waals surface area contributed by atoms with E-state index < -0.39 is 0 Å². The molecule has 0 radical (unpaired) electrons. The minimum absolute atomic E-state index is 0. The summed E-state index contributed by atoms with van der Waals surface area (Å²) in [6, 6.07) is 8.32. The summed E-state index contributed by atoms with van der Waals surface area (Å²) in [6.45, 7) is 7.10. The molecule has 2 saturated heterocycles. The van der Waals surface area contributed by atoms with Gasteiger partial charge in [0.05, 0.1) is 12.7 Å². The Morgan fingerprint density at radius 1 is 1.23 bits per heavy atom. The van der Waals surface area contributed by atoms with E-state index in [0.717, 1.165) is 57.7 Å². The van der Waals surface area contributed by atoms with Gasteiger partial charge in [0.2, 0.25) is 5.91 Å². The molecule has 3 rings (SSSR count). The van der Waals surface area contributed by atoms with E-state index in [1.165, 1.54) is 5.56 Å². The van der Waals surface area contributed by atoms with Gasteiger partial charge in [-0.3, -0.25) is 9.69 Å². The maximum Gasteiger partial charge on any atom is 0.223 e. The fourth-order valence-electron chi connectivity index (χ4n) is 3.63. The zero-order chi connectivity index (χ0) is 17.5. The monoisotopic (exact) mass is 382 g/mol. The molecule has 1 aromatic rings. The predicted octanol–water partition coefficient (Wildman–Crippen LogP) is 3.01. The Balaban J connectivity index is 0.00000243. The van der Waals surface area contributed by atoms with E-state index in [1.807, 2.05) is 19.1 Å². The van der Waals surface area contributed by atoms with Gasteiger partial charge in [-0.1, -0.05) is 12.1 Å². The second kappa shape index (κ2) is 10.8. The van der Waals surface area contributed by atoms with Gasteiger partial charge in [0.15, 0.2) is 0 Å². The van der Waals surface area contributed by atoms with Crippen molar-refractivity contribution in [1.29, 1.82) is 0 Å². The van der Waals surface area contributed by atoms with Crippen molar-refractivity contribution in [3.8, 4) is 5.75 Å². The Morgan fingerprint density at radius 3 is 2.58 bits per heavy atom. The minimum Gasteiger partial charge on any atom is -0.494 e. The summed E-state index contributed by atoms with van der Waals surface area (Å²) >= 11 is 0. The van der Waals surface area contributed by atoms with Crippen LogP contribution in [-0.4, -0.2) is 49.8 Å². The van der Waals surface area contributed by atoms with Crippen molar-refractivity contribution in [1.82, 2.24) is 10.2 Å². The number of nitrogens with zero attached hydrogens (tertiary/aromatic N) is 1. The van der Waals surface area contributed by atoms with Crippen molar-refractivity contribution < 1.29 is 14.3 Å². The Morgan fingerprint density at radius 2 is 1.96 bits per heavy atom. The Hall–Kier alpha value is -1.30. The highest BCUT2D eigenvalue weighted by atomic mass is 35.5. The van der Waals surface area contributed by atoms with Gasteiger partial charge in [-0.15, -0.1) is 12.4 Å². The van der Waals surface area contributed by atoms with Gasteiger partial charge in [0.25, 0.3) is 0 Å². The van der Waals surface area contributed by atoms with Gasteiger partial charge in [0, 0.05) is 25.6 Å². The first kappa shape index (κ1) is 21.0. The molecule has 1 amide bonds. The molecule has 146 valence electrons. The smallest absolute Gasteiger partial charge is 0.223 e. The third-order valence-corrected chi connectivity index (χ3v) is 5.13. The van der Waals surface area contributed by atoms with E-state index >= 15 is 0 Å². The summed E-state index contributed by atoms with van der Waals surface area (Å²) in [4.78, 5) is 14.7. The van der Waals surface area contributed by atoms with Crippen LogP contribution in [0.3, 0.4) is 0 Å². The lowest BCUT2D eigenvalue weighted by Crippen LogP contribution is -2.42. The molecule has 0 spiro atoms. The average Bonchev–Trinajstić information content (AvgIpc) is 3.16. The number of halogens is 1. The number of amides is 1. The third kappa shape index (κ3) is 6.15. The first-order chi connectivity index (χ1) is 12.2. The van der Waals surface area contributed by atoms with E-state index in [-0.39, 0.29) is 30.3 Å². The normalized spacial score (nSPS) is 21.2. The molecule has 1 N–H and O–H groups in total. The van der Waals surface area contributed by atoms with Gasteiger partial charge < -0.3 is 14.8 Å². The molecule has 2 fully saturated rings. The van der Waals surface area contributed by atoms with Crippen LogP contribution in [0, 0.1) is 5.92 Å². The van der Waals surface area contributed by atoms with Crippen LogP contribution in [-0.2, 0) is 16.1 Å². The van der Waals surface area contributed by atoms with E-state index in [0.29, 0.717) is 13.2 Å². The van der Waals surface area contributed by atoms with Crippen LogP contribution in [0.15, 0.2) is 24.3 Å². The van der Waals surface area contributed by atoms with Gasteiger partial charge in [-0.2, -0.15) is 0 Å². The predicted molar refractivity (Wildman–Crippen MR) is 105 cm³/mol. The van der Waals surface area contributed by atoms with Crippen molar-refractivity contribution in [3.05, 3.63) is 29.8 Å². The van der Waals surface area contributed by atoms with Crippen LogP contribution >= 0.6 is 12.4 Å². The van der Waals surface area contributed by atoms with Crippen LogP contribution in [0.1, 0.15) is 38.2 Å². The molecule has 5 nitrogen and oxygen atoms in total. The number of nitrogens with one attached hydrogen (secondary N) is 1. The summed E-state index contributed by atoms with van der Waals surface area (Å²) in [7, 11) is 0. The maximum atomic E-state index is 12.3.